The third-order valence-corrected chi connectivity index (χ3v) is 9.24. The van der Waals surface area contributed by atoms with Crippen molar-refractivity contribution in [2.75, 3.05) is 18.0 Å². The SMILES string of the molecule is Cc1ccc(F)cc1S(=O)(=O)C1CCN(c2nc(Cc3cc(Cl)cc(Cl)c3)cs2)CC1. The lowest BCUT2D eigenvalue weighted by atomic mass is 10.1. The van der Waals surface area contributed by atoms with E-state index in [0.29, 0.717) is 48.0 Å². The van der Waals surface area contributed by atoms with Gasteiger partial charge in [0.2, 0.25) is 0 Å². The maximum absolute atomic E-state index is 13.6. The van der Waals surface area contributed by atoms with Gasteiger partial charge < -0.3 is 4.90 Å². The number of hydrogen-bond acceptors (Lipinski definition) is 5. The molecule has 164 valence electrons. The summed E-state index contributed by atoms with van der Waals surface area (Å²) in [5, 5.41) is 3.55. The third kappa shape index (κ3) is 5.06. The number of aromatic nitrogens is 1. The van der Waals surface area contributed by atoms with Crippen molar-refractivity contribution < 1.29 is 12.8 Å². The average Bonchev–Trinajstić information content (AvgIpc) is 3.17. The van der Waals surface area contributed by atoms with Gasteiger partial charge in [-0.3, -0.25) is 0 Å². The van der Waals surface area contributed by atoms with E-state index in [4.69, 9.17) is 28.2 Å². The highest BCUT2D eigenvalue weighted by molar-refractivity contribution is 7.92. The van der Waals surface area contributed by atoms with Crippen LogP contribution in [-0.2, 0) is 16.3 Å². The Morgan fingerprint density at radius 2 is 1.81 bits per heavy atom. The number of benzene rings is 2. The number of hydrogen-bond donors (Lipinski definition) is 0. The van der Waals surface area contributed by atoms with Crippen LogP contribution < -0.4 is 4.90 Å². The maximum Gasteiger partial charge on any atom is 0.185 e. The van der Waals surface area contributed by atoms with E-state index in [1.807, 2.05) is 17.5 Å². The second-order valence-electron chi connectivity index (χ2n) is 7.72. The Morgan fingerprint density at radius 3 is 2.48 bits per heavy atom. The average molecular weight is 499 g/mol. The van der Waals surface area contributed by atoms with Gasteiger partial charge in [-0.2, -0.15) is 0 Å². The number of rotatable bonds is 5. The molecule has 3 aromatic rings. The smallest absolute Gasteiger partial charge is 0.185 e. The molecule has 1 aromatic heterocycles. The van der Waals surface area contributed by atoms with Crippen molar-refractivity contribution in [3.63, 3.8) is 0 Å². The Bertz CT molecular complexity index is 1190. The normalized spacial score (nSPS) is 15.4. The van der Waals surface area contributed by atoms with E-state index in [0.717, 1.165) is 22.5 Å². The largest absolute Gasteiger partial charge is 0.348 e. The van der Waals surface area contributed by atoms with Gasteiger partial charge in [-0.15, -0.1) is 11.3 Å². The first-order valence-corrected chi connectivity index (χ1v) is 13.0. The number of nitrogens with zero attached hydrogens (tertiary/aromatic N) is 2. The van der Waals surface area contributed by atoms with Crippen LogP contribution in [0.15, 0.2) is 46.7 Å². The first-order valence-electron chi connectivity index (χ1n) is 9.87. The van der Waals surface area contributed by atoms with E-state index in [2.05, 4.69) is 4.90 Å². The second kappa shape index (κ2) is 9.06. The summed E-state index contributed by atoms with van der Waals surface area (Å²) in [6.45, 7) is 2.88. The molecule has 4 rings (SSSR count). The highest BCUT2D eigenvalue weighted by Crippen LogP contribution is 2.31. The number of aryl methyl sites for hydroxylation is 1. The van der Waals surface area contributed by atoms with E-state index in [-0.39, 0.29) is 4.90 Å². The summed E-state index contributed by atoms with van der Waals surface area (Å²) in [5.74, 6) is -0.530. The Kier molecular flexibility index (Phi) is 6.58. The van der Waals surface area contributed by atoms with E-state index in [1.54, 1.807) is 24.3 Å². The van der Waals surface area contributed by atoms with Crippen LogP contribution in [0.1, 0.15) is 29.7 Å². The van der Waals surface area contributed by atoms with Crippen molar-refractivity contribution in [1.82, 2.24) is 4.98 Å². The molecule has 0 N–H and O–H groups in total. The van der Waals surface area contributed by atoms with Crippen LogP contribution in [0.5, 0.6) is 0 Å². The molecule has 1 saturated heterocycles. The number of halogens is 3. The molecule has 31 heavy (non-hydrogen) atoms. The minimum absolute atomic E-state index is 0.0997. The second-order valence-corrected chi connectivity index (χ2v) is 11.6. The first kappa shape index (κ1) is 22.5. The molecular weight excluding hydrogens is 478 g/mol. The quantitative estimate of drug-likeness (QED) is 0.437. The fourth-order valence-electron chi connectivity index (χ4n) is 3.86. The summed E-state index contributed by atoms with van der Waals surface area (Å²) in [6.07, 6.45) is 1.59. The van der Waals surface area contributed by atoms with Gasteiger partial charge in [0.25, 0.3) is 0 Å². The monoisotopic (exact) mass is 498 g/mol. The minimum Gasteiger partial charge on any atom is -0.348 e. The van der Waals surface area contributed by atoms with E-state index in [9.17, 15) is 12.8 Å². The Morgan fingerprint density at radius 1 is 1.13 bits per heavy atom. The zero-order chi connectivity index (χ0) is 22.2. The topological polar surface area (TPSA) is 50.3 Å². The predicted molar refractivity (Wildman–Crippen MR) is 125 cm³/mol. The Hall–Kier alpha value is -1.67. The van der Waals surface area contributed by atoms with Gasteiger partial charge in [-0.05, 0) is 61.2 Å². The third-order valence-electron chi connectivity index (χ3n) is 5.46. The molecule has 1 aliphatic heterocycles. The molecule has 0 bridgehead atoms. The van der Waals surface area contributed by atoms with Crippen molar-refractivity contribution >= 4 is 49.5 Å². The first-order chi connectivity index (χ1) is 14.7. The number of sulfone groups is 1. The summed E-state index contributed by atoms with van der Waals surface area (Å²) < 4.78 is 39.7. The summed E-state index contributed by atoms with van der Waals surface area (Å²) in [5.41, 5.74) is 2.49. The Balaban J connectivity index is 1.43. The fraction of sp³-hybridized carbons (Fsp3) is 0.318. The van der Waals surface area contributed by atoms with Crippen molar-refractivity contribution in [2.24, 2.45) is 0 Å². The lowest BCUT2D eigenvalue weighted by Crippen LogP contribution is -2.39. The zero-order valence-electron chi connectivity index (χ0n) is 16.8. The molecule has 1 fully saturated rings. The molecule has 4 nitrogen and oxygen atoms in total. The van der Waals surface area contributed by atoms with Gasteiger partial charge in [-0.1, -0.05) is 29.3 Å². The molecule has 0 radical (unpaired) electrons. The fourth-order valence-corrected chi connectivity index (χ4v) is 7.30. The summed E-state index contributed by atoms with van der Waals surface area (Å²) in [4.78, 5) is 6.93. The maximum atomic E-state index is 13.6. The van der Waals surface area contributed by atoms with Crippen molar-refractivity contribution in [2.45, 2.75) is 36.3 Å². The van der Waals surface area contributed by atoms with Crippen molar-refractivity contribution in [3.05, 3.63) is 74.5 Å². The predicted octanol–water partition coefficient (Wildman–Crippen LogP) is 5.93. The molecule has 0 aliphatic carbocycles. The highest BCUT2D eigenvalue weighted by Gasteiger charge is 2.33. The van der Waals surface area contributed by atoms with Gasteiger partial charge in [0, 0.05) is 34.9 Å². The highest BCUT2D eigenvalue weighted by atomic mass is 35.5. The molecule has 0 unspecified atom stereocenters. The standard InChI is InChI=1S/C22H21Cl2FN2O2S2/c1-14-2-3-18(25)12-21(14)31(28,29)20-4-6-27(7-5-20)22-26-19(13-30-22)10-15-8-16(23)11-17(24)9-15/h2-3,8-9,11-13,20H,4-7,10H2,1H3. The molecule has 2 heterocycles. The molecule has 0 spiro atoms. The number of thiazole rings is 1. The lowest BCUT2D eigenvalue weighted by Gasteiger charge is -2.31. The van der Waals surface area contributed by atoms with Crippen LogP contribution in [0.4, 0.5) is 9.52 Å². The van der Waals surface area contributed by atoms with Crippen molar-refractivity contribution in [3.8, 4) is 0 Å². The summed E-state index contributed by atoms with van der Waals surface area (Å²) in [6, 6.07) is 9.37. The molecule has 0 saturated carbocycles. The number of piperidine rings is 1. The molecule has 2 aromatic carbocycles. The van der Waals surface area contributed by atoms with Crippen LogP contribution >= 0.6 is 34.5 Å². The van der Waals surface area contributed by atoms with Gasteiger partial charge >= 0.3 is 0 Å². The van der Waals surface area contributed by atoms with Crippen molar-refractivity contribution in [1.29, 1.82) is 0 Å². The number of anilines is 1. The van der Waals surface area contributed by atoms with Gasteiger partial charge in [-0.25, -0.2) is 17.8 Å². The van der Waals surface area contributed by atoms with Crippen LogP contribution in [0.2, 0.25) is 10.0 Å². The zero-order valence-corrected chi connectivity index (χ0v) is 20.0. The summed E-state index contributed by atoms with van der Waals surface area (Å²) >= 11 is 13.7. The van der Waals surface area contributed by atoms with Crippen LogP contribution in [0.3, 0.4) is 0 Å². The van der Waals surface area contributed by atoms with Crippen LogP contribution in [-0.4, -0.2) is 31.7 Å². The van der Waals surface area contributed by atoms with Crippen LogP contribution in [0.25, 0.3) is 0 Å². The molecule has 9 heteroatoms. The van der Waals surface area contributed by atoms with Crippen LogP contribution in [0, 0.1) is 12.7 Å². The molecule has 0 atom stereocenters. The Labute approximate surface area is 195 Å². The molecular formula is C22H21Cl2FN2O2S2. The van der Waals surface area contributed by atoms with E-state index >= 15 is 0 Å². The summed E-state index contributed by atoms with van der Waals surface area (Å²) in [7, 11) is -3.57. The van der Waals surface area contributed by atoms with Gasteiger partial charge in [0.15, 0.2) is 15.0 Å². The minimum atomic E-state index is -3.57. The van der Waals surface area contributed by atoms with E-state index in [1.165, 1.54) is 12.1 Å². The molecule has 0 amide bonds. The lowest BCUT2D eigenvalue weighted by molar-refractivity contribution is 0.527. The van der Waals surface area contributed by atoms with Gasteiger partial charge in [0.05, 0.1) is 15.8 Å². The van der Waals surface area contributed by atoms with E-state index < -0.39 is 20.9 Å². The molecule has 1 aliphatic rings. The van der Waals surface area contributed by atoms with Gasteiger partial charge in [0.1, 0.15) is 5.82 Å².